The third-order valence-electron chi connectivity index (χ3n) is 3.26. The molecule has 3 aromatic rings. The van der Waals surface area contributed by atoms with Crippen LogP contribution in [0.2, 0.25) is 0 Å². The van der Waals surface area contributed by atoms with E-state index in [4.69, 9.17) is 0 Å². The second kappa shape index (κ2) is 4.81. The monoisotopic (exact) mass is 322 g/mol. The number of thiazole rings is 1. The number of aryl methyl sites for hydroxylation is 3. The van der Waals surface area contributed by atoms with Crippen LogP contribution in [0.3, 0.4) is 0 Å². The number of hydrogen-bond acceptors (Lipinski definition) is 5. The van der Waals surface area contributed by atoms with Gasteiger partial charge in [0.2, 0.25) is 0 Å². The maximum absolute atomic E-state index is 12.4. The van der Waals surface area contributed by atoms with Gasteiger partial charge in [-0.15, -0.1) is 11.3 Å². The van der Waals surface area contributed by atoms with Crippen molar-refractivity contribution in [3.63, 3.8) is 0 Å². The molecule has 8 heteroatoms. The summed E-state index contributed by atoms with van der Waals surface area (Å²) in [5.74, 6) is 0. The predicted octanol–water partition coefficient (Wildman–Crippen LogP) is 2.45. The number of hydrogen-bond donors (Lipinski definition) is 1. The van der Waals surface area contributed by atoms with Crippen molar-refractivity contribution in [3.05, 3.63) is 35.1 Å². The number of fused-ring (bicyclic) bond motifs is 1. The van der Waals surface area contributed by atoms with Gasteiger partial charge < -0.3 is 4.57 Å². The molecule has 0 unspecified atom stereocenters. The largest absolute Gasteiger partial charge is 0.334 e. The van der Waals surface area contributed by atoms with Gasteiger partial charge in [0.25, 0.3) is 10.0 Å². The molecule has 0 aliphatic rings. The summed E-state index contributed by atoms with van der Waals surface area (Å²) in [6.45, 7) is 3.76. The number of imidazole rings is 1. The van der Waals surface area contributed by atoms with Gasteiger partial charge in [0, 0.05) is 11.9 Å². The Hall–Kier alpha value is -1.93. The molecule has 21 heavy (non-hydrogen) atoms. The Balaban J connectivity index is 1.99. The first-order valence-electron chi connectivity index (χ1n) is 6.25. The smallest absolute Gasteiger partial charge is 0.263 e. The fourth-order valence-corrected chi connectivity index (χ4v) is 4.04. The first kappa shape index (κ1) is 14.0. The van der Waals surface area contributed by atoms with Crippen LogP contribution in [0.15, 0.2) is 29.4 Å². The molecule has 0 amide bonds. The van der Waals surface area contributed by atoms with Crippen molar-refractivity contribution in [2.45, 2.75) is 18.7 Å². The summed E-state index contributed by atoms with van der Waals surface area (Å²) in [4.78, 5) is 9.54. The average Bonchev–Trinajstić information content (AvgIpc) is 2.93. The lowest BCUT2D eigenvalue weighted by molar-refractivity contribution is 0.601. The number of aromatic nitrogens is 3. The van der Waals surface area contributed by atoms with Crippen LogP contribution in [0, 0.1) is 13.8 Å². The van der Waals surface area contributed by atoms with E-state index in [0.717, 1.165) is 16.1 Å². The molecular weight excluding hydrogens is 308 g/mol. The van der Waals surface area contributed by atoms with Crippen LogP contribution in [0.1, 0.15) is 10.6 Å². The fourth-order valence-electron chi connectivity index (χ4n) is 1.97. The molecule has 0 bridgehead atoms. The van der Waals surface area contributed by atoms with E-state index in [2.05, 4.69) is 14.7 Å². The van der Waals surface area contributed by atoms with E-state index >= 15 is 0 Å². The normalized spacial score (nSPS) is 12.0. The van der Waals surface area contributed by atoms with E-state index in [1.54, 1.807) is 24.5 Å². The van der Waals surface area contributed by atoms with E-state index in [1.165, 1.54) is 11.3 Å². The highest BCUT2D eigenvalue weighted by Gasteiger charge is 2.18. The van der Waals surface area contributed by atoms with E-state index in [1.807, 2.05) is 25.5 Å². The first-order valence-corrected chi connectivity index (χ1v) is 8.55. The van der Waals surface area contributed by atoms with Crippen LogP contribution in [-0.2, 0) is 17.1 Å². The van der Waals surface area contributed by atoms with Crippen molar-refractivity contribution in [3.8, 4) is 0 Å². The Bertz CT molecular complexity index is 905. The van der Waals surface area contributed by atoms with Gasteiger partial charge in [-0.05, 0) is 32.0 Å². The molecule has 1 aromatic carbocycles. The predicted molar refractivity (Wildman–Crippen MR) is 83.1 cm³/mol. The second-order valence-electron chi connectivity index (χ2n) is 4.77. The molecule has 0 radical (unpaired) electrons. The Morgan fingerprint density at radius 1 is 1.29 bits per heavy atom. The number of nitrogens with zero attached hydrogens (tertiary/aromatic N) is 3. The fraction of sp³-hybridized carbons (Fsp3) is 0.231. The molecule has 2 heterocycles. The summed E-state index contributed by atoms with van der Waals surface area (Å²) in [6.07, 6.45) is 1.65. The SMILES string of the molecule is Cc1nc(NS(=O)(=O)c2ccc3c(c2)ncn3C)sc1C. The van der Waals surface area contributed by atoms with Crippen molar-refractivity contribution in [1.29, 1.82) is 0 Å². The summed E-state index contributed by atoms with van der Waals surface area (Å²) in [5, 5.41) is 0.381. The molecule has 0 saturated heterocycles. The van der Waals surface area contributed by atoms with Crippen LogP contribution in [-0.4, -0.2) is 23.0 Å². The third-order valence-corrected chi connectivity index (χ3v) is 5.71. The summed E-state index contributed by atoms with van der Waals surface area (Å²) >= 11 is 1.32. The Kier molecular flexibility index (Phi) is 3.22. The van der Waals surface area contributed by atoms with Gasteiger partial charge in [0.15, 0.2) is 5.13 Å². The zero-order valence-electron chi connectivity index (χ0n) is 11.8. The number of anilines is 1. The van der Waals surface area contributed by atoms with Gasteiger partial charge in [-0.3, -0.25) is 4.72 Å². The minimum atomic E-state index is -3.65. The lowest BCUT2D eigenvalue weighted by Gasteiger charge is -2.05. The summed E-state index contributed by atoms with van der Waals surface area (Å²) < 4.78 is 29.1. The molecule has 0 aliphatic carbocycles. The van der Waals surface area contributed by atoms with Gasteiger partial charge in [-0.2, -0.15) is 0 Å². The molecule has 0 saturated carbocycles. The van der Waals surface area contributed by atoms with Crippen LogP contribution in [0.25, 0.3) is 11.0 Å². The quantitative estimate of drug-likeness (QED) is 0.803. The maximum atomic E-state index is 12.4. The average molecular weight is 322 g/mol. The minimum Gasteiger partial charge on any atom is -0.334 e. The van der Waals surface area contributed by atoms with Gasteiger partial charge in [-0.25, -0.2) is 18.4 Å². The van der Waals surface area contributed by atoms with E-state index < -0.39 is 10.0 Å². The van der Waals surface area contributed by atoms with E-state index in [9.17, 15) is 8.42 Å². The highest BCUT2D eigenvalue weighted by Crippen LogP contribution is 2.25. The Morgan fingerprint density at radius 3 is 2.71 bits per heavy atom. The number of sulfonamides is 1. The lowest BCUT2D eigenvalue weighted by Crippen LogP contribution is -2.12. The van der Waals surface area contributed by atoms with E-state index in [0.29, 0.717) is 10.6 Å². The summed E-state index contributed by atoms with van der Waals surface area (Å²) in [5.41, 5.74) is 2.36. The van der Waals surface area contributed by atoms with Crippen molar-refractivity contribution >= 4 is 37.5 Å². The first-order chi connectivity index (χ1) is 9.87. The van der Waals surface area contributed by atoms with Gasteiger partial charge in [-0.1, -0.05) is 0 Å². The number of rotatable bonds is 3. The highest BCUT2D eigenvalue weighted by atomic mass is 32.2. The molecule has 0 fully saturated rings. The van der Waals surface area contributed by atoms with Crippen molar-refractivity contribution < 1.29 is 8.42 Å². The van der Waals surface area contributed by atoms with Crippen LogP contribution < -0.4 is 4.72 Å². The number of benzene rings is 1. The standard InChI is InChI=1S/C13H14N4O2S2/c1-8-9(2)20-13(15-8)16-21(18,19)10-4-5-12-11(6-10)14-7-17(12)3/h4-7H,1-3H3,(H,15,16). The molecule has 0 aliphatic heterocycles. The zero-order chi connectivity index (χ0) is 15.2. The number of nitrogens with one attached hydrogen (secondary N) is 1. The molecule has 3 rings (SSSR count). The van der Waals surface area contributed by atoms with Gasteiger partial charge >= 0.3 is 0 Å². The highest BCUT2D eigenvalue weighted by molar-refractivity contribution is 7.93. The van der Waals surface area contributed by atoms with Crippen LogP contribution >= 0.6 is 11.3 Å². The molecular formula is C13H14N4O2S2. The molecule has 0 spiro atoms. The molecule has 1 N–H and O–H groups in total. The summed E-state index contributed by atoms with van der Waals surface area (Å²) in [6, 6.07) is 4.87. The molecule has 0 atom stereocenters. The lowest BCUT2D eigenvalue weighted by atomic mass is 10.3. The van der Waals surface area contributed by atoms with Gasteiger partial charge in [0.1, 0.15) is 0 Å². The molecule has 110 valence electrons. The Labute approximate surface area is 126 Å². The van der Waals surface area contributed by atoms with Crippen LogP contribution in [0.5, 0.6) is 0 Å². The molecule has 6 nitrogen and oxygen atoms in total. The topological polar surface area (TPSA) is 76.9 Å². The summed E-state index contributed by atoms with van der Waals surface area (Å²) in [7, 11) is -1.79. The minimum absolute atomic E-state index is 0.180. The maximum Gasteiger partial charge on any atom is 0.263 e. The second-order valence-corrected chi connectivity index (χ2v) is 7.66. The van der Waals surface area contributed by atoms with Crippen molar-refractivity contribution in [1.82, 2.24) is 14.5 Å². The van der Waals surface area contributed by atoms with Crippen LogP contribution in [0.4, 0.5) is 5.13 Å². The zero-order valence-corrected chi connectivity index (χ0v) is 13.4. The van der Waals surface area contributed by atoms with E-state index in [-0.39, 0.29) is 4.90 Å². The molecule has 2 aromatic heterocycles. The third kappa shape index (κ3) is 2.52. The Morgan fingerprint density at radius 2 is 2.05 bits per heavy atom. The van der Waals surface area contributed by atoms with Crippen molar-refractivity contribution in [2.24, 2.45) is 7.05 Å². The van der Waals surface area contributed by atoms with Crippen molar-refractivity contribution in [2.75, 3.05) is 4.72 Å². The van der Waals surface area contributed by atoms with Gasteiger partial charge in [0.05, 0.1) is 28.0 Å².